The van der Waals surface area contributed by atoms with Crippen LogP contribution >= 0.6 is 0 Å². The standard InChI is InChI=1S/3C7H6O2.C7H9.Ti/c3*8-7(9)6-4-2-1-3-5-6;1-6-4-3-5-7(6)2;/h3*1-5H,(H,8,9);4H,3H2,1-2H3;/q;;;;+3/p-3. The molecule has 1 aliphatic carbocycles. The molecule has 0 bridgehead atoms. The fourth-order valence-electron chi connectivity index (χ4n) is 3.67. The molecule has 0 heterocycles. The molecule has 4 rings (SSSR count). The third kappa shape index (κ3) is 5.51. The van der Waals surface area contributed by atoms with Gasteiger partial charge in [-0.1, -0.05) is 0 Å². The Kier molecular flexibility index (Phi) is 7.44. The van der Waals surface area contributed by atoms with Crippen LogP contribution in [0.15, 0.2) is 112 Å². The molecule has 0 fully saturated rings. The number of hydrogen-bond acceptors (Lipinski definition) is 6. The summed E-state index contributed by atoms with van der Waals surface area (Å²) < 4.78 is 18.5. The van der Waals surface area contributed by atoms with E-state index in [1.807, 2.05) is 19.9 Å². The zero-order valence-corrected chi connectivity index (χ0v) is 21.0. The van der Waals surface area contributed by atoms with Gasteiger partial charge in [0.05, 0.1) is 0 Å². The number of hydrogen-bond donors (Lipinski definition) is 0. The molecule has 176 valence electrons. The van der Waals surface area contributed by atoms with Crippen LogP contribution in [-0.2, 0) is 27.7 Å². The quantitative estimate of drug-likeness (QED) is 0.363. The van der Waals surface area contributed by atoms with E-state index in [-0.39, 0.29) is 16.7 Å². The van der Waals surface area contributed by atoms with Gasteiger partial charge >= 0.3 is 209 Å². The van der Waals surface area contributed by atoms with Crippen molar-refractivity contribution in [1.82, 2.24) is 0 Å². The second-order valence-electron chi connectivity index (χ2n) is 8.02. The van der Waals surface area contributed by atoms with Crippen molar-refractivity contribution in [3.05, 3.63) is 129 Å². The number of allylic oxidation sites excluding steroid dienone is 4. The summed E-state index contributed by atoms with van der Waals surface area (Å²) in [5, 5.41) is 0. The topological polar surface area (TPSA) is 78.9 Å². The molecule has 3 aromatic rings. The van der Waals surface area contributed by atoms with Crippen molar-refractivity contribution in [2.75, 3.05) is 0 Å². The van der Waals surface area contributed by atoms with Gasteiger partial charge < -0.3 is 0 Å². The monoisotopic (exact) mass is 504 g/mol. The van der Waals surface area contributed by atoms with Crippen LogP contribution in [0.2, 0.25) is 0 Å². The van der Waals surface area contributed by atoms with Crippen LogP contribution in [0.4, 0.5) is 0 Å². The second-order valence-corrected chi connectivity index (χ2v) is 11.7. The Morgan fingerprint density at radius 2 is 0.943 bits per heavy atom. The van der Waals surface area contributed by atoms with E-state index >= 15 is 0 Å². The van der Waals surface area contributed by atoms with Crippen molar-refractivity contribution in [3.8, 4) is 0 Å². The van der Waals surface area contributed by atoms with Gasteiger partial charge in [-0.05, 0) is 0 Å². The van der Waals surface area contributed by atoms with Crippen LogP contribution in [0.3, 0.4) is 0 Å². The van der Waals surface area contributed by atoms with Crippen LogP contribution in [0.5, 0.6) is 0 Å². The molecule has 0 unspecified atom stereocenters. The molecule has 0 N–H and O–H groups in total. The van der Waals surface area contributed by atoms with Gasteiger partial charge in [0.15, 0.2) is 0 Å². The van der Waals surface area contributed by atoms with Crippen molar-refractivity contribution in [2.45, 2.75) is 20.3 Å². The van der Waals surface area contributed by atoms with E-state index in [4.69, 9.17) is 9.96 Å². The molecule has 7 heteroatoms. The molecule has 0 atom stereocenters. The van der Waals surface area contributed by atoms with Crippen LogP contribution in [0.1, 0.15) is 51.3 Å². The molecular formula is C28H24O6Ti. The summed E-state index contributed by atoms with van der Waals surface area (Å²) in [4.78, 5) is 39.7. The fraction of sp³-hybridized carbons (Fsp3) is 0.107. The van der Waals surface area contributed by atoms with Gasteiger partial charge in [0.1, 0.15) is 0 Å². The number of rotatable bonds is 7. The summed E-state index contributed by atoms with van der Waals surface area (Å²) in [6.45, 7) is 3.75. The van der Waals surface area contributed by atoms with E-state index in [9.17, 15) is 14.4 Å². The SMILES string of the molecule is CC1=CC[C]([Ti]([O]C(=O)c2ccccc2)([O]C(=O)c2ccccc2)[O]C(=O)c2ccccc2)=C1C. The van der Waals surface area contributed by atoms with Gasteiger partial charge in [0, 0.05) is 0 Å². The molecular weight excluding hydrogens is 480 g/mol. The van der Waals surface area contributed by atoms with Gasteiger partial charge in [-0.3, -0.25) is 0 Å². The van der Waals surface area contributed by atoms with Crippen molar-refractivity contribution >= 4 is 17.9 Å². The zero-order chi connectivity index (χ0) is 24.8. The summed E-state index contributed by atoms with van der Waals surface area (Å²) >= 11 is -5.13. The number of carbonyl (C=O) groups is 3. The summed E-state index contributed by atoms with van der Waals surface area (Å²) in [6, 6.07) is 25.0. The maximum absolute atomic E-state index is 13.2. The molecule has 0 spiro atoms. The summed E-state index contributed by atoms with van der Waals surface area (Å²) in [6.07, 6.45) is 2.29. The van der Waals surface area contributed by atoms with Crippen molar-refractivity contribution in [1.29, 1.82) is 0 Å². The van der Waals surface area contributed by atoms with Crippen LogP contribution in [0.25, 0.3) is 0 Å². The van der Waals surface area contributed by atoms with E-state index in [1.54, 1.807) is 91.0 Å². The Labute approximate surface area is 208 Å². The van der Waals surface area contributed by atoms with E-state index < -0.39 is 35.7 Å². The average molecular weight is 504 g/mol. The number of carbonyl (C=O) groups excluding carboxylic acids is 3. The molecule has 0 aliphatic heterocycles. The average Bonchev–Trinajstić information content (AvgIpc) is 3.24. The first-order valence-electron chi connectivity index (χ1n) is 11.1. The van der Waals surface area contributed by atoms with Gasteiger partial charge in [0.25, 0.3) is 0 Å². The normalized spacial score (nSPS) is 13.1. The Hall–Kier alpha value is -3.74. The fourth-order valence-corrected chi connectivity index (χ4v) is 7.71. The maximum atomic E-state index is 13.2. The predicted molar refractivity (Wildman–Crippen MR) is 127 cm³/mol. The first-order chi connectivity index (χ1) is 16.9. The predicted octanol–water partition coefficient (Wildman–Crippen LogP) is 6.08. The Morgan fingerprint density at radius 3 is 1.23 bits per heavy atom. The van der Waals surface area contributed by atoms with Gasteiger partial charge in [0.2, 0.25) is 0 Å². The second kappa shape index (κ2) is 10.7. The Bertz CT molecular complexity index is 1170. The van der Waals surface area contributed by atoms with Crippen LogP contribution < -0.4 is 0 Å². The first-order valence-corrected chi connectivity index (χ1v) is 13.8. The van der Waals surface area contributed by atoms with Crippen molar-refractivity contribution in [3.63, 3.8) is 0 Å². The first kappa shape index (κ1) is 24.4. The molecule has 0 radical (unpaired) electrons. The molecule has 35 heavy (non-hydrogen) atoms. The minimum absolute atomic E-state index is 0.259. The third-order valence-corrected chi connectivity index (χ3v) is 9.92. The van der Waals surface area contributed by atoms with Gasteiger partial charge in [-0.25, -0.2) is 0 Å². The zero-order valence-electron chi connectivity index (χ0n) is 19.4. The molecule has 0 aromatic heterocycles. The molecule has 0 amide bonds. The van der Waals surface area contributed by atoms with Crippen LogP contribution in [-0.4, -0.2) is 17.9 Å². The van der Waals surface area contributed by atoms with Crippen LogP contribution in [0, 0.1) is 0 Å². The number of benzene rings is 3. The molecule has 0 saturated heterocycles. The summed E-state index contributed by atoms with van der Waals surface area (Å²) in [5.74, 6) is -2.17. The summed E-state index contributed by atoms with van der Waals surface area (Å²) in [5.41, 5.74) is 2.50. The van der Waals surface area contributed by atoms with Gasteiger partial charge in [-0.15, -0.1) is 0 Å². The molecule has 3 aromatic carbocycles. The minimum atomic E-state index is -5.13. The van der Waals surface area contributed by atoms with Crippen molar-refractivity contribution < 1.29 is 42.1 Å². The van der Waals surface area contributed by atoms with E-state index in [0.29, 0.717) is 10.3 Å². The molecule has 6 nitrogen and oxygen atoms in total. The summed E-state index contributed by atoms with van der Waals surface area (Å²) in [7, 11) is 0. The van der Waals surface area contributed by atoms with E-state index in [1.165, 1.54) is 0 Å². The van der Waals surface area contributed by atoms with Gasteiger partial charge in [-0.2, -0.15) is 0 Å². The Morgan fingerprint density at radius 1 is 0.600 bits per heavy atom. The third-order valence-electron chi connectivity index (χ3n) is 5.74. The Balaban J connectivity index is 1.81. The van der Waals surface area contributed by atoms with E-state index in [0.717, 1.165) is 11.1 Å². The van der Waals surface area contributed by atoms with E-state index in [2.05, 4.69) is 0 Å². The molecule has 0 saturated carbocycles. The van der Waals surface area contributed by atoms with Crippen molar-refractivity contribution in [2.24, 2.45) is 0 Å². The molecule has 1 aliphatic rings.